The number of nitrogens with zero attached hydrogens (tertiary/aromatic N) is 4. The second-order valence-corrected chi connectivity index (χ2v) is 11.4. The standard InChI is InChI=1S/C40H34N4O4/c1-46-31-13-8-28(9-14-31)25-44-38-23-29(10-16-35(38)36(42-44)17-11-27-18-20-41-21-19-27)22-37-33-6-4-5-7-34(33)40(45)43(37)26-30-12-15-32(47-2)24-39(30)48-3/h4-24H,25-26H2,1-3H3/b17-11+,37-22+. The number of pyridine rings is 1. The molecule has 0 saturated carbocycles. The van der Waals surface area contributed by atoms with E-state index in [0.29, 0.717) is 30.2 Å². The van der Waals surface area contributed by atoms with Crippen LogP contribution in [0, 0.1) is 0 Å². The molecular weight excluding hydrogens is 600 g/mol. The quantitative estimate of drug-likeness (QED) is 0.153. The summed E-state index contributed by atoms with van der Waals surface area (Å²) < 4.78 is 18.5. The maximum absolute atomic E-state index is 13.8. The fourth-order valence-electron chi connectivity index (χ4n) is 6.02. The number of ether oxygens (including phenoxy) is 3. The zero-order chi connectivity index (χ0) is 33.0. The Hall–Kier alpha value is -6.15. The van der Waals surface area contributed by atoms with E-state index < -0.39 is 0 Å². The van der Waals surface area contributed by atoms with Gasteiger partial charge in [-0.25, -0.2) is 0 Å². The van der Waals surface area contributed by atoms with Gasteiger partial charge in [-0.3, -0.25) is 14.5 Å². The number of aromatic nitrogens is 3. The van der Waals surface area contributed by atoms with E-state index in [1.807, 2.05) is 88.5 Å². The Kier molecular flexibility index (Phi) is 8.45. The summed E-state index contributed by atoms with van der Waals surface area (Å²) in [5.41, 5.74) is 8.21. The summed E-state index contributed by atoms with van der Waals surface area (Å²) in [4.78, 5) is 19.8. The Morgan fingerprint density at radius 3 is 2.21 bits per heavy atom. The van der Waals surface area contributed by atoms with Crippen molar-refractivity contribution in [2.24, 2.45) is 0 Å². The molecular formula is C40H34N4O4. The van der Waals surface area contributed by atoms with E-state index in [0.717, 1.165) is 55.9 Å². The molecule has 7 rings (SSSR count). The first kappa shape index (κ1) is 30.5. The molecule has 0 atom stereocenters. The van der Waals surface area contributed by atoms with Gasteiger partial charge in [-0.05, 0) is 83.4 Å². The van der Waals surface area contributed by atoms with E-state index in [9.17, 15) is 4.79 Å². The SMILES string of the molecule is COc1ccc(Cn2nc(/C=C/c3ccncc3)c3ccc(/C=C4\c5ccccc5C(=O)N4Cc4ccc(OC)cc4OC)cc32)cc1. The molecule has 0 saturated heterocycles. The van der Waals surface area contributed by atoms with Gasteiger partial charge in [-0.2, -0.15) is 5.10 Å². The molecule has 1 aliphatic rings. The first-order valence-corrected chi connectivity index (χ1v) is 15.6. The Morgan fingerprint density at radius 2 is 1.46 bits per heavy atom. The van der Waals surface area contributed by atoms with Crippen LogP contribution in [0.15, 0.2) is 109 Å². The Bertz CT molecular complexity index is 2170. The first-order valence-electron chi connectivity index (χ1n) is 15.6. The van der Waals surface area contributed by atoms with E-state index in [-0.39, 0.29) is 5.91 Å². The molecule has 1 amide bonds. The number of fused-ring (bicyclic) bond motifs is 2. The highest BCUT2D eigenvalue weighted by Gasteiger charge is 2.32. The summed E-state index contributed by atoms with van der Waals surface area (Å²) in [6.07, 6.45) is 9.72. The second-order valence-electron chi connectivity index (χ2n) is 11.4. The van der Waals surface area contributed by atoms with Crippen LogP contribution in [-0.4, -0.2) is 46.9 Å². The van der Waals surface area contributed by atoms with Gasteiger partial charge >= 0.3 is 0 Å². The van der Waals surface area contributed by atoms with Gasteiger partial charge in [-0.1, -0.05) is 42.5 Å². The number of amides is 1. The van der Waals surface area contributed by atoms with Crippen molar-refractivity contribution in [3.63, 3.8) is 0 Å². The summed E-state index contributed by atoms with van der Waals surface area (Å²) in [6.45, 7) is 0.919. The van der Waals surface area contributed by atoms with Gasteiger partial charge in [0.25, 0.3) is 5.91 Å². The number of carbonyl (C=O) groups excluding carboxylic acids is 1. The third-order valence-electron chi connectivity index (χ3n) is 8.53. The molecule has 0 radical (unpaired) electrons. The van der Waals surface area contributed by atoms with Gasteiger partial charge in [0.1, 0.15) is 17.2 Å². The van der Waals surface area contributed by atoms with Crippen LogP contribution in [0.3, 0.4) is 0 Å². The largest absolute Gasteiger partial charge is 0.497 e. The van der Waals surface area contributed by atoms with Crippen molar-refractivity contribution < 1.29 is 19.0 Å². The third-order valence-corrected chi connectivity index (χ3v) is 8.53. The summed E-state index contributed by atoms with van der Waals surface area (Å²) in [5, 5.41) is 6.07. The van der Waals surface area contributed by atoms with Crippen LogP contribution in [0.2, 0.25) is 0 Å². The molecule has 8 nitrogen and oxygen atoms in total. The highest BCUT2D eigenvalue weighted by Crippen LogP contribution is 2.38. The molecule has 0 unspecified atom stereocenters. The highest BCUT2D eigenvalue weighted by atomic mass is 16.5. The van der Waals surface area contributed by atoms with Gasteiger partial charge < -0.3 is 19.1 Å². The normalized spacial score (nSPS) is 13.4. The Balaban J connectivity index is 1.31. The number of rotatable bonds is 10. The van der Waals surface area contributed by atoms with Crippen molar-refractivity contribution >= 4 is 40.7 Å². The minimum Gasteiger partial charge on any atom is -0.497 e. The molecule has 2 aromatic heterocycles. The molecule has 4 aromatic carbocycles. The van der Waals surface area contributed by atoms with Gasteiger partial charge in [0.15, 0.2) is 0 Å². The molecule has 8 heteroatoms. The maximum atomic E-state index is 13.8. The molecule has 0 spiro atoms. The number of hydrogen-bond acceptors (Lipinski definition) is 6. The highest BCUT2D eigenvalue weighted by molar-refractivity contribution is 6.12. The van der Waals surface area contributed by atoms with Crippen LogP contribution >= 0.6 is 0 Å². The average molecular weight is 635 g/mol. The van der Waals surface area contributed by atoms with Crippen LogP contribution in [-0.2, 0) is 13.1 Å². The second kappa shape index (κ2) is 13.3. The fourth-order valence-corrected chi connectivity index (χ4v) is 6.02. The molecule has 238 valence electrons. The van der Waals surface area contributed by atoms with Crippen molar-refractivity contribution in [1.29, 1.82) is 0 Å². The van der Waals surface area contributed by atoms with Crippen LogP contribution < -0.4 is 14.2 Å². The minimum absolute atomic E-state index is 0.0520. The topological polar surface area (TPSA) is 78.7 Å². The number of carbonyl (C=O) groups is 1. The van der Waals surface area contributed by atoms with E-state index in [1.165, 1.54) is 0 Å². The van der Waals surface area contributed by atoms with Gasteiger partial charge in [0.2, 0.25) is 0 Å². The van der Waals surface area contributed by atoms with E-state index >= 15 is 0 Å². The third kappa shape index (κ3) is 6.03. The lowest BCUT2D eigenvalue weighted by Gasteiger charge is -2.20. The Morgan fingerprint density at radius 1 is 0.708 bits per heavy atom. The van der Waals surface area contributed by atoms with Crippen LogP contribution in [0.5, 0.6) is 17.2 Å². The van der Waals surface area contributed by atoms with Crippen molar-refractivity contribution in [2.75, 3.05) is 21.3 Å². The maximum Gasteiger partial charge on any atom is 0.259 e. The first-order chi connectivity index (χ1) is 23.5. The smallest absolute Gasteiger partial charge is 0.259 e. The van der Waals surface area contributed by atoms with E-state index in [4.69, 9.17) is 19.3 Å². The van der Waals surface area contributed by atoms with Crippen molar-refractivity contribution in [3.05, 3.63) is 149 Å². The fraction of sp³-hybridized carbons (Fsp3) is 0.125. The molecule has 0 aliphatic carbocycles. The van der Waals surface area contributed by atoms with E-state index in [2.05, 4.69) is 41.4 Å². The van der Waals surface area contributed by atoms with Crippen LogP contribution in [0.25, 0.3) is 34.8 Å². The monoisotopic (exact) mass is 634 g/mol. The molecule has 3 heterocycles. The van der Waals surface area contributed by atoms with Crippen molar-refractivity contribution in [2.45, 2.75) is 13.1 Å². The van der Waals surface area contributed by atoms with E-state index in [1.54, 1.807) is 33.7 Å². The zero-order valence-electron chi connectivity index (χ0n) is 27.0. The molecule has 1 aliphatic heterocycles. The summed E-state index contributed by atoms with van der Waals surface area (Å²) >= 11 is 0. The molecule has 0 N–H and O–H groups in total. The van der Waals surface area contributed by atoms with Crippen molar-refractivity contribution in [1.82, 2.24) is 19.7 Å². The Labute approximate surface area is 279 Å². The van der Waals surface area contributed by atoms with Gasteiger partial charge in [-0.15, -0.1) is 0 Å². The van der Waals surface area contributed by atoms with Crippen molar-refractivity contribution in [3.8, 4) is 17.2 Å². The molecule has 0 fully saturated rings. The van der Waals surface area contributed by atoms with Crippen LogP contribution in [0.4, 0.5) is 0 Å². The van der Waals surface area contributed by atoms with Gasteiger partial charge in [0, 0.05) is 40.5 Å². The summed E-state index contributed by atoms with van der Waals surface area (Å²) in [5.74, 6) is 2.11. The number of benzene rings is 4. The lowest BCUT2D eigenvalue weighted by Crippen LogP contribution is -2.23. The van der Waals surface area contributed by atoms with Gasteiger partial charge in [0.05, 0.1) is 51.3 Å². The molecule has 48 heavy (non-hydrogen) atoms. The lowest BCUT2D eigenvalue weighted by molar-refractivity contribution is 0.0843. The predicted molar refractivity (Wildman–Crippen MR) is 189 cm³/mol. The lowest BCUT2D eigenvalue weighted by atomic mass is 10.0. The number of methoxy groups -OCH3 is 3. The molecule has 0 bridgehead atoms. The molecule has 6 aromatic rings. The average Bonchev–Trinajstić information content (AvgIpc) is 3.61. The summed E-state index contributed by atoms with van der Waals surface area (Å²) in [6, 6.07) is 31.7. The summed E-state index contributed by atoms with van der Waals surface area (Å²) in [7, 11) is 4.91. The van der Waals surface area contributed by atoms with Crippen LogP contribution in [0.1, 0.15) is 43.9 Å². The number of hydrogen-bond donors (Lipinski definition) is 0. The minimum atomic E-state index is -0.0520. The zero-order valence-corrected chi connectivity index (χ0v) is 27.0. The predicted octanol–water partition coefficient (Wildman–Crippen LogP) is 7.83.